The van der Waals surface area contributed by atoms with Crippen LogP contribution >= 0.6 is 0 Å². The largest absolute Gasteiger partial charge is 0.494 e. The molecular formula is C22H37NO3. The fourth-order valence-electron chi connectivity index (χ4n) is 3.93. The van der Waals surface area contributed by atoms with E-state index < -0.39 is 5.54 Å². The topological polar surface area (TPSA) is 75.7 Å². The van der Waals surface area contributed by atoms with Crippen molar-refractivity contribution in [1.29, 1.82) is 0 Å². The minimum atomic E-state index is -0.903. The molecule has 26 heavy (non-hydrogen) atoms. The van der Waals surface area contributed by atoms with Gasteiger partial charge in [-0.05, 0) is 61.3 Å². The molecule has 0 aromatic heterocycles. The SMILES string of the molecule is CCCCCCCOc1ccc2c(c1)CCCCC2CC(N)(CO)CO. The lowest BCUT2D eigenvalue weighted by Gasteiger charge is -2.30. The average Bonchev–Trinajstić information content (AvgIpc) is 2.86. The Labute approximate surface area is 158 Å². The van der Waals surface area contributed by atoms with Crippen LogP contribution in [0.1, 0.15) is 81.8 Å². The van der Waals surface area contributed by atoms with Crippen molar-refractivity contribution >= 4 is 0 Å². The number of fused-ring (bicyclic) bond motifs is 1. The second kappa shape index (κ2) is 10.9. The van der Waals surface area contributed by atoms with Crippen molar-refractivity contribution in [3.8, 4) is 5.75 Å². The van der Waals surface area contributed by atoms with Crippen LogP contribution in [0.4, 0.5) is 0 Å². The van der Waals surface area contributed by atoms with Crippen molar-refractivity contribution in [2.45, 2.75) is 82.6 Å². The molecule has 0 bridgehead atoms. The summed E-state index contributed by atoms with van der Waals surface area (Å²) in [6.45, 7) is 2.64. The molecule has 1 aliphatic rings. The molecule has 0 amide bonds. The maximum atomic E-state index is 9.55. The van der Waals surface area contributed by atoms with Gasteiger partial charge in [0.2, 0.25) is 0 Å². The molecule has 4 nitrogen and oxygen atoms in total. The number of hydrogen-bond acceptors (Lipinski definition) is 4. The summed E-state index contributed by atoms with van der Waals surface area (Å²) in [7, 11) is 0. The first-order valence-electron chi connectivity index (χ1n) is 10.4. The van der Waals surface area contributed by atoms with Crippen molar-refractivity contribution < 1.29 is 14.9 Å². The van der Waals surface area contributed by atoms with Gasteiger partial charge in [-0.2, -0.15) is 0 Å². The Kier molecular flexibility index (Phi) is 8.89. The fraction of sp³-hybridized carbons (Fsp3) is 0.727. The molecule has 0 aliphatic heterocycles. The number of ether oxygens (including phenoxy) is 1. The molecule has 0 saturated carbocycles. The summed E-state index contributed by atoms with van der Waals surface area (Å²) >= 11 is 0. The highest BCUT2D eigenvalue weighted by atomic mass is 16.5. The van der Waals surface area contributed by atoms with Gasteiger partial charge in [0.1, 0.15) is 5.75 Å². The monoisotopic (exact) mass is 363 g/mol. The number of aryl methyl sites for hydroxylation is 1. The molecule has 1 aromatic carbocycles. The number of unbranched alkanes of at least 4 members (excludes halogenated alkanes) is 4. The molecule has 0 spiro atoms. The Morgan fingerprint density at radius 1 is 1.12 bits per heavy atom. The summed E-state index contributed by atoms with van der Waals surface area (Å²) in [5.41, 5.74) is 7.91. The van der Waals surface area contributed by atoms with Crippen molar-refractivity contribution in [3.63, 3.8) is 0 Å². The first kappa shape index (κ1) is 21.2. The second-order valence-electron chi connectivity index (χ2n) is 7.95. The highest BCUT2D eigenvalue weighted by molar-refractivity contribution is 5.39. The van der Waals surface area contributed by atoms with Gasteiger partial charge in [0.15, 0.2) is 0 Å². The first-order valence-corrected chi connectivity index (χ1v) is 10.4. The quantitative estimate of drug-likeness (QED) is 0.411. The lowest BCUT2D eigenvalue weighted by molar-refractivity contribution is 0.107. The van der Waals surface area contributed by atoms with Crippen LogP contribution in [0, 0.1) is 0 Å². The van der Waals surface area contributed by atoms with E-state index in [4.69, 9.17) is 10.5 Å². The van der Waals surface area contributed by atoms with Crippen LogP contribution in [0.3, 0.4) is 0 Å². The average molecular weight is 364 g/mol. The summed E-state index contributed by atoms with van der Waals surface area (Å²) in [6.07, 6.45) is 11.3. The summed E-state index contributed by atoms with van der Waals surface area (Å²) in [6, 6.07) is 6.43. The second-order valence-corrected chi connectivity index (χ2v) is 7.95. The van der Waals surface area contributed by atoms with E-state index in [9.17, 15) is 10.2 Å². The maximum Gasteiger partial charge on any atom is 0.119 e. The van der Waals surface area contributed by atoms with E-state index >= 15 is 0 Å². The van der Waals surface area contributed by atoms with Gasteiger partial charge >= 0.3 is 0 Å². The van der Waals surface area contributed by atoms with Gasteiger partial charge in [-0.3, -0.25) is 0 Å². The molecule has 4 N–H and O–H groups in total. The summed E-state index contributed by atoms with van der Waals surface area (Å²) in [5.74, 6) is 1.25. The summed E-state index contributed by atoms with van der Waals surface area (Å²) in [4.78, 5) is 0. The molecule has 2 rings (SSSR count). The number of aliphatic hydroxyl groups is 2. The molecular weight excluding hydrogens is 326 g/mol. The first-order chi connectivity index (χ1) is 12.6. The minimum absolute atomic E-state index is 0.186. The van der Waals surface area contributed by atoms with Crippen molar-refractivity contribution in [2.24, 2.45) is 5.73 Å². The zero-order chi connectivity index (χ0) is 18.8. The predicted molar refractivity (Wildman–Crippen MR) is 107 cm³/mol. The van der Waals surface area contributed by atoms with Gasteiger partial charge < -0.3 is 20.7 Å². The predicted octanol–water partition coefficient (Wildman–Crippen LogP) is 3.92. The molecule has 0 radical (unpaired) electrons. The standard InChI is InChI=1S/C22H37NO3/c1-2-3-4-5-8-13-26-20-11-12-21-18(14-20)9-6-7-10-19(21)15-22(23,16-24)17-25/h11-12,14,19,24-25H,2-10,13,15-17,23H2,1H3. The molecule has 1 atom stereocenters. The Hall–Kier alpha value is -1.10. The van der Waals surface area contributed by atoms with Crippen molar-refractivity contribution in [2.75, 3.05) is 19.8 Å². The smallest absolute Gasteiger partial charge is 0.119 e. The zero-order valence-electron chi connectivity index (χ0n) is 16.4. The van der Waals surface area contributed by atoms with Crippen LogP contribution in [-0.2, 0) is 6.42 Å². The van der Waals surface area contributed by atoms with E-state index in [-0.39, 0.29) is 13.2 Å². The van der Waals surface area contributed by atoms with E-state index in [1.807, 2.05) is 0 Å². The Bertz CT molecular complexity index is 528. The van der Waals surface area contributed by atoms with E-state index in [0.717, 1.165) is 38.0 Å². The van der Waals surface area contributed by atoms with E-state index in [1.54, 1.807) is 0 Å². The van der Waals surface area contributed by atoms with Crippen molar-refractivity contribution in [1.82, 2.24) is 0 Å². The highest BCUT2D eigenvalue weighted by Crippen LogP contribution is 2.37. The number of benzene rings is 1. The Morgan fingerprint density at radius 3 is 2.62 bits per heavy atom. The summed E-state index contributed by atoms with van der Waals surface area (Å²) < 4.78 is 5.97. The molecule has 1 aliphatic carbocycles. The van der Waals surface area contributed by atoms with Crippen LogP contribution in [0.25, 0.3) is 0 Å². The van der Waals surface area contributed by atoms with Gasteiger partial charge in [0, 0.05) is 0 Å². The molecule has 0 heterocycles. The molecule has 0 fully saturated rings. The zero-order valence-corrected chi connectivity index (χ0v) is 16.4. The van der Waals surface area contributed by atoms with Crippen LogP contribution in [0.5, 0.6) is 5.75 Å². The number of nitrogens with two attached hydrogens (primary N) is 1. The number of aliphatic hydroxyl groups excluding tert-OH is 2. The molecule has 0 saturated heterocycles. The van der Waals surface area contributed by atoms with E-state index in [2.05, 4.69) is 25.1 Å². The Morgan fingerprint density at radius 2 is 1.88 bits per heavy atom. The van der Waals surface area contributed by atoms with E-state index in [1.165, 1.54) is 43.2 Å². The third-order valence-corrected chi connectivity index (χ3v) is 5.60. The van der Waals surface area contributed by atoms with Gasteiger partial charge in [0.25, 0.3) is 0 Å². The van der Waals surface area contributed by atoms with Crippen LogP contribution in [0.15, 0.2) is 18.2 Å². The maximum absolute atomic E-state index is 9.55. The van der Waals surface area contributed by atoms with E-state index in [0.29, 0.717) is 12.3 Å². The van der Waals surface area contributed by atoms with Gasteiger partial charge in [-0.15, -0.1) is 0 Å². The lowest BCUT2D eigenvalue weighted by atomic mass is 9.82. The third-order valence-electron chi connectivity index (χ3n) is 5.60. The van der Waals surface area contributed by atoms with Crippen LogP contribution in [-0.4, -0.2) is 35.6 Å². The normalized spacial score (nSPS) is 17.6. The Balaban J connectivity index is 1.98. The van der Waals surface area contributed by atoms with Gasteiger partial charge in [-0.1, -0.05) is 45.1 Å². The molecule has 148 valence electrons. The minimum Gasteiger partial charge on any atom is -0.494 e. The van der Waals surface area contributed by atoms with Gasteiger partial charge in [0.05, 0.1) is 25.4 Å². The number of hydrogen-bond donors (Lipinski definition) is 3. The van der Waals surface area contributed by atoms with Gasteiger partial charge in [-0.25, -0.2) is 0 Å². The van der Waals surface area contributed by atoms with Crippen LogP contribution < -0.4 is 10.5 Å². The van der Waals surface area contributed by atoms with Crippen molar-refractivity contribution in [3.05, 3.63) is 29.3 Å². The third kappa shape index (κ3) is 6.26. The molecule has 4 heteroatoms. The lowest BCUT2D eigenvalue weighted by Crippen LogP contribution is -2.48. The number of rotatable bonds is 11. The molecule has 1 aromatic rings. The molecule has 1 unspecified atom stereocenters. The summed E-state index contributed by atoms with van der Waals surface area (Å²) in [5, 5.41) is 19.1. The fourth-order valence-corrected chi connectivity index (χ4v) is 3.93. The van der Waals surface area contributed by atoms with Crippen LogP contribution in [0.2, 0.25) is 0 Å². The highest BCUT2D eigenvalue weighted by Gasteiger charge is 2.30.